The zero-order valence-corrected chi connectivity index (χ0v) is 18.1. The normalized spacial score (nSPS) is 26.1. The molecule has 2 fully saturated rings. The highest BCUT2D eigenvalue weighted by atomic mass is 19.1. The van der Waals surface area contributed by atoms with Crippen LogP contribution in [0.1, 0.15) is 24.6 Å². The van der Waals surface area contributed by atoms with Gasteiger partial charge in [0.25, 0.3) is 5.56 Å². The Labute approximate surface area is 185 Å². The monoisotopic (exact) mass is 439 g/mol. The van der Waals surface area contributed by atoms with E-state index in [1.165, 1.54) is 11.0 Å². The minimum atomic E-state index is -0.756. The number of halogens is 1. The highest BCUT2D eigenvalue weighted by Crippen LogP contribution is 2.51. The van der Waals surface area contributed by atoms with Crippen molar-refractivity contribution in [2.75, 3.05) is 20.7 Å². The average Bonchev–Trinajstić information content (AvgIpc) is 3.48. The van der Waals surface area contributed by atoms with E-state index in [4.69, 9.17) is 0 Å². The van der Waals surface area contributed by atoms with E-state index in [0.717, 1.165) is 12.8 Å². The van der Waals surface area contributed by atoms with Crippen LogP contribution in [-0.4, -0.2) is 58.0 Å². The van der Waals surface area contributed by atoms with E-state index in [1.54, 1.807) is 53.9 Å². The van der Waals surface area contributed by atoms with Crippen molar-refractivity contribution in [1.29, 1.82) is 0 Å². The largest absolute Gasteiger partial charge is 0.396 e. The first kappa shape index (κ1) is 20.9. The van der Waals surface area contributed by atoms with E-state index in [1.807, 2.05) is 0 Å². The first-order chi connectivity index (χ1) is 15.3. The molecule has 0 bridgehead atoms. The third kappa shape index (κ3) is 3.00. The molecule has 4 atom stereocenters. The zero-order valence-electron chi connectivity index (χ0n) is 18.1. The summed E-state index contributed by atoms with van der Waals surface area (Å²) in [6.07, 6.45) is 1.58. The maximum absolute atomic E-state index is 14.4. The molecular weight excluding hydrogens is 413 g/mol. The molecule has 8 heteroatoms. The van der Waals surface area contributed by atoms with Gasteiger partial charge < -0.3 is 19.5 Å². The maximum atomic E-state index is 14.4. The van der Waals surface area contributed by atoms with Crippen LogP contribution in [-0.2, 0) is 16.1 Å². The molecule has 0 radical (unpaired) electrons. The quantitative estimate of drug-likeness (QED) is 0.785. The third-order valence-electron chi connectivity index (χ3n) is 7.11. The minimum Gasteiger partial charge on any atom is -0.396 e. The first-order valence-electron chi connectivity index (χ1n) is 11.0. The minimum absolute atomic E-state index is 0.0878. The summed E-state index contributed by atoms with van der Waals surface area (Å²) in [7, 11) is 3.29. The van der Waals surface area contributed by atoms with Crippen LogP contribution in [0, 0.1) is 23.6 Å². The van der Waals surface area contributed by atoms with Gasteiger partial charge in [-0.3, -0.25) is 14.4 Å². The number of aromatic nitrogens is 1. The van der Waals surface area contributed by atoms with Gasteiger partial charge in [-0.2, -0.15) is 0 Å². The lowest BCUT2D eigenvalue weighted by atomic mass is 9.88. The van der Waals surface area contributed by atoms with Gasteiger partial charge in [0, 0.05) is 56.3 Å². The van der Waals surface area contributed by atoms with Gasteiger partial charge in [0.1, 0.15) is 11.9 Å². The number of nitrogens with zero attached hydrogens (tertiary/aromatic N) is 3. The van der Waals surface area contributed by atoms with Crippen LogP contribution in [0.5, 0.6) is 0 Å². The predicted molar refractivity (Wildman–Crippen MR) is 115 cm³/mol. The zero-order chi connectivity index (χ0) is 22.7. The lowest BCUT2D eigenvalue weighted by Crippen LogP contribution is -2.50. The number of carbonyl (C=O) groups excluding carboxylic acids is 2. The van der Waals surface area contributed by atoms with Crippen molar-refractivity contribution in [3.8, 4) is 11.1 Å². The number of amides is 2. The van der Waals surface area contributed by atoms with E-state index in [0.29, 0.717) is 5.69 Å². The number of likely N-dealkylation sites (tertiary alicyclic amines) is 1. The Hall–Kier alpha value is -3.00. The summed E-state index contributed by atoms with van der Waals surface area (Å²) in [5.74, 6) is -1.63. The maximum Gasteiger partial charge on any atom is 0.258 e. The molecule has 1 saturated heterocycles. The molecule has 1 N–H and O–H groups in total. The Morgan fingerprint density at radius 2 is 1.84 bits per heavy atom. The molecule has 3 aliphatic rings. The molecule has 2 amide bonds. The van der Waals surface area contributed by atoms with Gasteiger partial charge in [-0.25, -0.2) is 4.39 Å². The van der Waals surface area contributed by atoms with Crippen LogP contribution in [0.3, 0.4) is 0 Å². The Kier molecular flexibility index (Phi) is 4.93. The fourth-order valence-corrected chi connectivity index (χ4v) is 5.40. The molecule has 5 rings (SSSR count). The van der Waals surface area contributed by atoms with Crippen LogP contribution in [0.25, 0.3) is 11.1 Å². The molecule has 0 spiro atoms. The molecule has 1 aromatic carbocycles. The number of benzene rings is 1. The van der Waals surface area contributed by atoms with Crippen molar-refractivity contribution in [1.82, 2.24) is 14.4 Å². The van der Waals surface area contributed by atoms with Gasteiger partial charge in [-0.15, -0.1) is 0 Å². The topological polar surface area (TPSA) is 82.8 Å². The van der Waals surface area contributed by atoms with E-state index < -0.39 is 23.8 Å². The second-order valence-electron chi connectivity index (χ2n) is 9.22. The summed E-state index contributed by atoms with van der Waals surface area (Å²) in [6.45, 7) is 0.0147. The molecule has 2 aromatic rings. The van der Waals surface area contributed by atoms with Crippen molar-refractivity contribution in [2.24, 2.45) is 17.8 Å². The molecule has 168 valence electrons. The smallest absolute Gasteiger partial charge is 0.258 e. The van der Waals surface area contributed by atoms with E-state index in [2.05, 4.69) is 0 Å². The van der Waals surface area contributed by atoms with Gasteiger partial charge in [-0.1, -0.05) is 18.2 Å². The number of pyridine rings is 1. The standard InChI is InChI=1S/C24H26FN3O4/c1-26(2)24(32)21-17(12-29)16-11-27-19(20(16)28(21)22(30)13-7-8-13)10-9-15(23(27)31)14-5-3-4-6-18(14)25/h3-6,9-10,13,16-17,20-21,29H,7-8,11-12H2,1-2H3/t16-,17-,20+,21-/m0/s1. The molecule has 7 nitrogen and oxygen atoms in total. The number of hydrogen-bond donors (Lipinski definition) is 1. The van der Waals surface area contributed by atoms with Crippen LogP contribution in [0.15, 0.2) is 41.2 Å². The van der Waals surface area contributed by atoms with Gasteiger partial charge in [0.15, 0.2) is 0 Å². The fourth-order valence-electron chi connectivity index (χ4n) is 5.40. The molecule has 2 aliphatic heterocycles. The van der Waals surface area contributed by atoms with Crippen molar-refractivity contribution in [3.63, 3.8) is 0 Å². The summed E-state index contributed by atoms with van der Waals surface area (Å²) >= 11 is 0. The second-order valence-corrected chi connectivity index (χ2v) is 9.22. The summed E-state index contributed by atoms with van der Waals surface area (Å²) in [4.78, 5) is 42.8. The highest BCUT2D eigenvalue weighted by molar-refractivity contribution is 5.90. The molecule has 3 heterocycles. The van der Waals surface area contributed by atoms with Gasteiger partial charge >= 0.3 is 0 Å². The number of likely N-dealkylation sites (N-methyl/N-ethyl adjacent to an activating group) is 1. The van der Waals surface area contributed by atoms with E-state index in [9.17, 15) is 23.9 Å². The van der Waals surface area contributed by atoms with Crippen LogP contribution >= 0.6 is 0 Å². The number of aliphatic hydroxyl groups is 1. The second kappa shape index (κ2) is 7.55. The van der Waals surface area contributed by atoms with Gasteiger partial charge in [-0.05, 0) is 31.0 Å². The average molecular weight is 439 g/mol. The Morgan fingerprint density at radius 1 is 1.12 bits per heavy atom. The molecule has 1 aliphatic carbocycles. The van der Waals surface area contributed by atoms with Crippen molar-refractivity contribution in [3.05, 3.63) is 58.3 Å². The fraction of sp³-hybridized carbons (Fsp3) is 0.458. The molecule has 0 unspecified atom stereocenters. The highest BCUT2D eigenvalue weighted by Gasteiger charge is 2.59. The Bertz CT molecular complexity index is 1160. The van der Waals surface area contributed by atoms with Crippen molar-refractivity contribution < 1.29 is 19.1 Å². The van der Waals surface area contributed by atoms with E-state index in [-0.39, 0.29) is 53.5 Å². The summed E-state index contributed by atoms with van der Waals surface area (Å²) in [6, 6.07) is 8.28. The lowest BCUT2D eigenvalue weighted by molar-refractivity contribution is -0.146. The SMILES string of the molecule is CN(C)C(=O)[C@@H]1[C@@H](CO)[C@@H]2Cn3c(ccc(-c4ccccc4F)c3=O)[C@@H]2N1C(=O)C1CC1. The van der Waals surface area contributed by atoms with Gasteiger partial charge in [0.05, 0.1) is 11.6 Å². The van der Waals surface area contributed by atoms with Crippen LogP contribution in [0.2, 0.25) is 0 Å². The molecule has 1 saturated carbocycles. The number of hydrogen-bond acceptors (Lipinski definition) is 4. The lowest BCUT2D eigenvalue weighted by Gasteiger charge is -2.32. The number of aliphatic hydroxyl groups excluding tert-OH is 1. The molecular formula is C24H26FN3O4. The van der Waals surface area contributed by atoms with Crippen molar-refractivity contribution >= 4 is 11.8 Å². The predicted octanol–water partition coefficient (Wildman–Crippen LogP) is 1.64. The number of carbonyl (C=O) groups is 2. The summed E-state index contributed by atoms with van der Waals surface area (Å²) in [5, 5.41) is 10.2. The summed E-state index contributed by atoms with van der Waals surface area (Å²) in [5.41, 5.74) is 0.804. The van der Waals surface area contributed by atoms with Gasteiger partial charge in [0.2, 0.25) is 11.8 Å². The Balaban J connectivity index is 1.63. The Morgan fingerprint density at radius 3 is 2.47 bits per heavy atom. The summed E-state index contributed by atoms with van der Waals surface area (Å²) < 4.78 is 15.9. The molecule has 1 aromatic heterocycles. The molecule has 32 heavy (non-hydrogen) atoms. The first-order valence-corrected chi connectivity index (χ1v) is 11.0. The van der Waals surface area contributed by atoms with Crippen LogP contribution in [0.4, 0.5) is 4.39 Å². The third-order valence-corrected chi connectivity index (χ3v) is 7.11. The van der Waals surface area contributed by atoms with Crippen LogP contribution < -0.4 is 5.56 Å². The van der Waals surface area contributed by atoms with E-state index >= 15 is 0 Å². The number of fused-ring (bicyclic) bond motifs is 3. The van der Waals surface area contributed by atoms with Crippen molar-refractivity contribution in [2.45, 2.75) is 31.5 Å². The number of rotatable bonds is 4.